The van der Waals surface area contributed by atoms with Crippen molar-refractivity contribution in [3.8, 4) is 0 Å². The zero-order valence-electron chi connectivity index (χ0n) is 62.3. The summed E-state index contributed by atoms with van der Waals surface area (Å²) in [5, 5.41) is -59.4. The van der Waals surface area contributed by atoms with Gasteiger partial charge >= 0.3 is 182 Å². The molecule has 7 aromatic carbocycles. The molecular formula is C57H27BrCl16F29LiNa2O18S12. The molecule has 7 aromatic rings. The van der Waals surface area contributed by atoms with E-state index in [9.17, 15) is 190 Å². The van der Waals surface area contributed by atoms with E-state index in [1.54, 1.807) is 34.1 Å². The molecule has 0 aliphatic heterocycles. The van der Waals surface area contributed by atoms with Gasteiger partial charge in [-0.15, -0.1) is 12.6 Å². The number of rotatable bonds is 23. The van der Waals surface area contributed by atoms with Crippen LogP contribution in [-0.2, 0) is 75.2 Å². The van der Waals surface area contributed by atoms with E-state index < -0.39 is 235 Å². The fourth-order valence-electron chi connectivity index (χ4n) is 6.27. The molecule has 7 rings (SSSR count). The van der Waals surface area contributed by atoms with Crippen LogP contribution in [0.1, 0.15) is 7.43 Å². The second-order valence-electron chi connectivity index (χ2n) is 21.3. The van der Waals surface area contributed by atoms with Crippen LogP contribution in [0, 0.1) is 0 Å². The maximum absolute atomic E-state index is 13.5. The summed E-state index contributed by atoms with van der Waals surface area (Å²) < 4.78 is 537. The Hall–Kier alpha value is 1.18. The average molecular weight is 2640 g/mol. The Morgan fingerprint density at radius 1 is 0.353 bits per heavy atom. The zero-order chi connectivity index (χ0) is 105. The van der Waals surface area contributed by atoms with Gasteiger partial charge in [0.15, 0.2) is 10.1 Å². The molecule has 0 aromatic heterocycles. The number of carboxylic acid groups (broad SMARTS) is 1. The number of hydrogen-bond acceptors (Lipinski definition) is 22. The van der Waals surface area contributed by atoms with Crippen LogP contribution in [-0.4, -0.2) is 144 Å². The van der Waals surface area contributed by atoms with E-state index in [0.29, 0.717) is 14.9 Å². The first kappa shape index (κ1) is 148. The van der Waals surface area contributed by atoms with Crippen molar-refractivity contribution in [3.05, 3.63) is 198 Å². The number of thioether (sulfide) groups is 4. The smallest absolute Gasteiger partial charge is 0.769 e. The number of sulfone groups is 2. The molecule has 0 aliphatic rings. The normalized spacial score (nSPS) is 12.9. The SMILES string of the molecule is C.FC(F)(Br)C(F)(F)Sc1c(Cl)cccc1Cl.O=C(O)C(F)(F)F.O=S(=O)(Cl)C(F)(F)C(F)(F)Sc1c(Cl)cccc1Cl.O=S(=O)(F)C(F)(F)C(F)(F)S(=O)(=O)c1c(Cl)cccc1Cl.O=S(=O)(F)C(F)(F)C(F)(F)Sc1c(Cl)cccc1Cl.O=S(=O)([O-])C(F)(F)C(F)(F)S(=O)(=O)c1c(Cl)cccc1Cl.O=S([O-])C(F)(F)C(F)(F)Sc1c(Cl)cccc1Cl.Sc1c(Cl)cccc1Cl.[Li+].[Na+].[Na+].[O-]Cl. The molecule has 0 heterocycles. The van der Waals surface area contributed by atoms with E-state index in [1.807, 2.05) is 0 Å². The second kappa shape index (κ2) is 56.9. The molecule has 0 radical (unpaired) electrons. The molecule has 1 N–H and O–H groups in total. The van der Waals surface area contributed by atoms with Gasteiger partial charge in [-0.3, -0.25) is 4.21 Å². The summed E-state index contributed by atoms with van der Waals surface area (Å²) in [5.74, 6) is -2.76. The topological polar surface area (TPSA) is 328 Å². The molecule has 0 saturated heterocycles. The molecule has 18 nitrogen and oxygen atoms in total. The second-order valence-corrected chi connectivity index (χ2v) is 44.6. The molecule has 1 unspecified atom stereocenters. The Morgan fingerprint density at radius 2 is 0.537 bits per heavy atom. The summed E-state index contributed by atoms with van der Waals surface area (Å²) in [4.78, 5) is -0.106. The standard InChI is InChI=1S/C8H3BrCl2F4S.C8H3Cl3F4O2S2.C8H3Cl2F5O4S2.C8H3Cl2F5O2S2.C8H4Cl2F4O5S2.C8H4Cl2F4O2S2.C6H4Cl2S.C2HF3O2.CH4.ClO.Li.2Na/c9-7(12,13)8(14,15)16-6-4(10)2-1-3-5(6)11;9-4-2-1-3-5(10)6(4)18-7(12,13)8(14,15)19(11,16)17;9-4-2-1-3-5(10)6(4)20(16,17)7(11,12)8(13,14)21(15,18)19;9-4-2-1-3-5(10)6(4)18-7(11,12)8(13,14)19(15,16)17;9-4-2-1-3-5(10)6(4)20(15,16)7(11,12)8(13,14)21(17,18)19;9-4-2-1-3-5(10)6(4)17-7(11,12)8(13,14)18(15)16;7-4-2-1-3-5(8)6(4)9;3-2(4,5)1(6)7;;1-2;;;/h1-3H;1-3H;1-3H;1-3H;1-3H,(H,17,18,19);1-3H,(H,15,16);1-3,9H;(H,6,7);1H4;;;;/q;;;;;;;;;-1;3*+1/p-2. The molecule has 0 aliphatic carbocycles. The van der Waals surface area contributed by atoms with Crippen molar-refractivity contribution in [1.82, 2.24) is 0 Å². The van der Waals surface area contributed by atoms with Crippen molar-refractivity contribution in [2.75, 3.05) is 0 Å². The van der Waals surface area contributed by atoms with Gasteiger partial charge in [0.2, 0.25) is 0 Å². The van der Waals surface area contributed by atoms with E-state index in [2.05, 4.69) is 35.2 Å². The van der Waals surface area contributed by atoms with Gasteiger partial charge < -0.3 is 18.9 Å². The van der Waals surface area contributed by atoms with Gasteiger partial charge in [0.25, 0.3) is 19.7 Å². The van der Waals surface area contributed by atoms with Gasteiger partial charge in [-0.2, -0.15) is 135 Å². The fourth-order valence-corrected chi connectivity index (χ4v) is 21.1. The van der Waals surface area contributed by atoms with E-state index in [0.717, 1.165) is 72.8 Å². The summed E-state index contributed by atoms with van der Waals surface area (Å²) in [6, 6.07) is 25.0. The van der Waals surface area contributed by atoms with E-state index in [-0.39, 0.29) is 132 Å². The Balaban J connectivity index is -0.000000358. The predicted molar refractivity (Wildman–Crippen MR) is 448 cm³/mol. The quantitative estimate of drug-likeness (QED) is 0.00878. The third-order valence-electron chi connectivity index (χ3n) is 12.3. The number of thiol groups is 1. The van der Waals surface area contributed by atoms with Crippen LogP contribution >= 0.6 is 261 Å². The average Bonchev–Trinajstić information content (AvgIpc) is 0.725. The van der Waals surface area contributed by atoms with Crippen LogP contribution in [0.25, 0.3) is 0 Å². The first-order valence-electron chi connectivity index (χ1n) is 29.1. The number of halogens is 46. The molecular weight excluding hydrogens is 2610 g/mol. The zero-order valence-corrected chi connectivity index (χ0v) is 89.9. The van der Waals surface area contributed by atoms with Crippen LogP contribution in [0.5, 0.6) is 0 Å². The van der Waals surface area contributed by atoms with Crippen LogP contribution in [0.15, 0.2) is 162 Å². The van der Waals surface area contributed by atoms with E-state index in [4.69, 9.17) is 177 Å². The maximum Gasteiger partial charge on any atom is 1.00 e. The third kappa shape index (κ3) is 38.6. The summed E-state index contributed by atoms with van der Waals surface area (Å²) in [6.07, 6.45) is -5.08. The summed E-state index contributed by atoms with van der Waals surface area (Å²) in [7, 11) is -35.3. The van der Waals surface area contributed by atoms with Crippen molar-refractivity contribution in [2.24, 2.45) is 0 Å². The summed E-state index contributed by atoms with van der Waals surface area (Å²) >= 11 is 78.8. The van der Waals surface area contributed by atoms with Crippen LogP contribution in [0.2, 0.25) is 70.3 Å². The molecule has 79 heteroatoms. The molecule has 1 atom stereocenters. The van der Waals surface area contributed by atoms with Gasteiger partial charge in [0, 0.05) is 26.7 Å². The summed E-state index contributed by atoms with van der Waals surface area (Å²) in [5.41, 5.74) is 0. The van der Waals surface area contributed by atoms with Crippen molar-refractivity contribution < 1.29 is 283 Å². The Kier molecular flexibility index (Phi) is 61.8. The first-order chi connectivity index (χ1) is 58.6. The molecule has 0 spiro atoms. The maximum atomic E-state index is 13.5. The number of hydrogen-bond donors (Lipinski definition) is 2. The number of alkyl halides is 28. The monoisotopic (exact) mass is 2630 g/mol. The van der Waals surface area contributed by atoms with Crippen molar-refractivity contribution >= 4 is 337 Å². The largest absolute Gasteiger partial charge is 1.00 e. The first-order valence-corrected chi connectivity index (χ1v) is 49.8. The summed E-state index contributed by atoms with van der Waals surface area (Å²) in [6.45, 7) is 0. The van der Waals surface area contributed by atoms with Crippen LogP contribution < -0.4 is 82.6 Å². The minimum Gasteiger partial charge on any atom is -0.769 e. The molecule has 760 valence electrons. The van der Waals surface area contributed by atoms with Gasteiger partial charge in [0.1, 0.15) is 9.79 Å². The molecule has 0 saturated carbocycles. The van der Waals surface area contributed by atoms with Crippen molar-refractivity contribution in [3.63, 3.8) is 0 Å². The third-order valence-corrected chi connectivity index (χ3v) is 33.4. The Bertz CT molecular complexity index is 5630. The Morgan fingerprint density at radius 3 is 0.713 bits per heavy atom. The van der Waals surface area contributed by atoms with E-state index in [1.165, 1.54) is 36.4 Å². The van der Waals surface area contributed by atoms with Crippen LogP contribution in [0.4, 0.5) is 126 Å². The molecule has 136 heavy (non-hydrogen) atoms. The number of benzene rings is 7. The molecule has 0 fully saturated rings. The van der Waals surface area contributed by atoms with Gasteiger partial charge in [-0.05, 0) is 148 Å². The van der Waals surface area contributed by atoms with Gasteiger partial charge in [-0.1, -0.05) is 220 Å². The molecule has 0 bridgehead atoms. The van der Waals surface area contributed by atoms with Crippen molar-refractivity contribution in [1.29, 1.82) is 0 Å². The Labute approximate surface area is 916 Å². The minimum absolute atomic E-state index is 0. The molecule has 0 amide bonds. The van der Waals surface area contributed by atoms with Crippen LogP contribution in [0.3, 0.4) is 0 Å². The number of aliphatic carboxylic acids is 1. The van der Waals surface area contributed by atoms with Gasteiger partial charge in [0.05, 0.1) is 89.9 Å². The number of carboxylic acids is 1. The van der Waals surface area contributed by atoms with E-state index >= 15 is 0 Å². The fraction of sp³-hybridized carbons (Fsp3) is 0.246. The van der Waals surface area contributed by atoms with Gasteiger partial charge in [-0.25, -0.2) is 50.3 Å². The predicted octanol–water partition coefficient (Wildman–Crippen LogP) is 20.0. The van der Waals surface area contributed by atoms with Crippen molar-refractivity contribution in [2.45, 2.75) is 111 Å². The number of carbonyl (C=O) groups is 1. The minimum atomic E-state index is -7.23.